The first-order valence-corrected chi connectivity index (χ1v) is 7.34. The predicted octanol–water partition coefficient (Wildman–Crippen LogP) is 3.19. The Morgan fingerprint density at radius 1 is 1.15 bits per heavy atom. The summed E-state index contributed by atoms with van der Waals surface area (Å²) in [6.45, 7) is 7.68. The monoisotopic (exact) mass is 273 g/mol. The van der Waals surface area contributed by atoms with E-state index < -0.39 is 0 Å². The lowest BCUT2D eigenvalue weighted by molar-refractivity contribution is 0.242. The van der Waals surface area contributed by atoms with Crippen LogP contribution in [0.4, 0.5) is 0 Å². The lowest BCUT2D eigenvalue weighted by Crippen LogP contribution is -2.39. The highest BCUT2D eigenvalue weighted by Gasteiger charge is 2.14. The molecule has 0 fully saturated rings. The highest BCUT2D eigenvalue weighted by molar-refractivity contribution is 5.32. The molecule has 0 saturated heterocycles. The van der Waals surface area contributed by atoms with Gasteiger partial charge in [-0.15, -0.1) is 0 Å². The average Bonchev–Trinajstić information content (AvgIpc) is 2.42. The van der Waals surface area contributed by atoms with E-state index in [0.29, 0.717) is 23.6 Å². The number of likely N-dealkylation sites (N-methyl/N-ethyl adjacent to an activating group) is 1. The molecule has 1 rings (SSSR count). The lowest BCUT2D eigenvalue weighted by Gasteiger charge is -2.28. The molecule has 2 unspecified atom stereocenters. The number of nitrogens with zero attached hydrogens (tertiary/aromatic N) is 2. The number of nitrogens with one attached hydrogen (secondary N) is 1. The minimum atomic E-state index is 0.303. The van der Waals surface area contributed by atoms with Crippen molar-refractivity contribution in [1.82, 2.24) is 10.2 Å². The summed E-state index contributed by atoms with van der Waals surface area (Å²) in [6.07, 6.45) is 1.19. The van der Waals surface area contributed by atoms with Crippen molar-refractivity contribution in [3.8, 4) is 6.07 Å². The number of hydrogen-bond donors (Lipinski definition) is 1. The molecule has 0 bridgehead atoms. The van der Waals surface area contributed by atoms with Crippen LogP contribution in [0, 0.1) is 17.2 Å². The molecule has 0 aromatic heterocycles. The number of nitriles is 1. The molecule has 0 aliphatic rings. The van der Waals surface area contributed by atoms with Crippen molar-refractivity contribution < 1.29 is 0 Å². The molecule has 0 radical (unpaired) electrons. The normalized spacial score (nSPS) is 14.3. The van der Waals surface area contributed by atoms with Gasteiger partial charge in [0.05, 0.1) is 11.6 Å². The second-order valence-electron chi connectivity index (χ2n) is 6.11. The number of rotatable bonds is 7. The molecule has 20 heavy (non-hydrogen) atoms. The van der Waals surface area contributed by atoms with Gasteiger partial charge in [-0.05, 0) is 51.1 Å². The van der Waals surface area contributed by atoms with E-state index in [9.17, 15) is 0 Å². The summed E-state index contributed by atoms with van der Waals surface area (Å²) >= 11 is 0. The smallest absolute Gasteiger partial charge is 0.0991 e. The third kappa shape index (κ3) is 5.32. The molecular weight excluding hydrogens is 246 g/mol. The van der Waals surface area contributed by atoms with Crippen LogP contribution >= 0.6 is 0 Å². The van der Waals surface area contributed by atoms with Crippen molar-refractivity contribution in [3.05, 3.63) is 35.4 Å². The molecule has 1 aromatic carbocycles. The Morgan fingerprint density at radius 3 is 2.20 bits per heavy atom. The van der Waals surface area contributed by atoms with Crippen molar-refractivity contribution >= 4 is 0 Å². The molecule has 0 spiro atoms. The minimum Gasteiger partial charge on any atom is -0.309 e. The van der Waals surface area contributed by atoms with Crippen LogP contribution in [0.2, 0.25) is 0 Å². The lowest BCUT2D eigenvalue weighted by atomic mass is 10.0. The molecular formula is C17H27N3. The fourth-order valence-corrected chi connectivity index (χ4v) is 2.30. The SMILES string of the molecule is CC(C)CC(CNC(C)c1ccc(C#N)cc1)N(C)C. The molecule has 0 aliphatic carbocycles. The maximum atomic E-state index is 8.82. The van der Waals surface area contributed by atoms with Crippen LogP contribution in [0.3, 0.4) is 0 Å². The van der Waals surface area contributed by atoms with E-state index in [4.69, 9.17) is 5.26 Å². The Bertz CT molecular complexity index is 429. The number of hydrogen-bond acceptors (Lipinski definition) is 3. The molecule has 3 nitrogen and oxygen atoms in total. The summed E-state index contributed by atoms with van der Waals surface area (Å²) in [7, 11) is 4.28. The van der Waals surface area contributed by atoms with E-state index >= 15 is 0 Å². The van der Waals surface area contributed by atoms with E-state index in [1.165, 1.54) is 12.0 Å². The zero-order valence-corrected chi connectivity index (χ0v) is 13.4. The summed E-state index contributed by atoms with van der Waals surface area (Å²) < 4.78 is 0. The van der Waals surface area contributed by atoms with Crippen molar-refractivity contribution in [2.45, 2.75) is 39.3 Å². The van der Waals surface area contributed by atoms with Gasteiger partial charge in [-0.1, -0.05) is 26.0 Å². The molecule has 0 saturated carbocycles. The van der Waals surface area contributed by atoms with Gasteiger partial charge in [-0.2, -0.15) is 5.26 Å². The summed E-state index contributed by atoms with van der Waals surface area (Å²) in [5.41, 5.74) is 1.94. The highest BCUT2D eigenvalue weighted by atomic mass is 15.1. The largest absolute Gasteiger partial charge is 0.309 e. The molecule has 110 valence electrons. The Hall–Kier alpha value is -1.37. The van der Waals surface area contributed by atoms with Gasteiger partial charge >= 0.3 is 0 Å². The fraction of sp³-hybridized carbons (Fsp3) is 0.588. The van der Waals surface area contributed by atoms with Crippen molar-refractivity contribution in [1.29, 1.82) is 5.26 Å². The van der Waals surface area contributed by atoms with Gasteiger partial charge in [-0.25, -0.2) is 0 Å². The maximum absolute atomic E-state index is 8.82. The molecule has 3 heteroatoms. The summed E-state index contributed by atoms with van der Waals surface area (Å²) in [5, 5.41) is 12.4. The number of benzene rings is 1. The van der Waals surface area contributed by atoms with Gasteiger partial charge in [0, 0.05) is 18.6 Å². The zero-order valence-electron chi connectivity index (χ0n) is 13.4. The fourth-order valence-electron chi connectivity index (χ4n) is 2.30. The van der Waals surface area contributed by atoms with Gasteiger partial charge in [0.1, 0.15) is 0 Å². The van der Waals surface area contributed by atoms with Crippen molar-refractivity contribution in [3.63, 3.8) is 0 Å². The molecule has 0 aliphatic heterocycles. The molecule has 0 amide bonds. The zero-order chi connectivity index (χ0) is 15.1. The quantitative estimate of drug-likeness (QED) is 0.829. The third-order valence-corrected chi connectivity index (χ3v) is 3.67. The Labute approximate surface area is 123 Å². The average molecular weight is 273 g/mol. The van der Waals surface area contributed by atoms with E-state index in [-0.39, 0.29) is 0 Å². The van der Waals surface area contributed by atoms with Crippen LogP contribution in [-0.4, -0.2) is 31.6 Å². The molecule has 1 aromatic rings. The van der Waals surface area contributed by atoms with Crippen LogP contribution in [0.5, 0.6) is 0 Å². The first-order valence-electron chi connectivity index (χ1n) is 7.34. The second kappa shape index (κ2) is 8.04. The van der Waals surface area contributed by atoms with Crippen LogP contribution in [0.25, 0.3) is 0 Å². The summed E-state index contributed by atoms with van der Waals surface area (Å²) in [4.78, 5) is 2.29. The standard InChI is InChI=1S/C17H27N3/c1-13(2)10-17(20(4)5)12-19-14(3)16-8-6-15(11-18)7-9-16/h6-9,13-14,17,19H,10,12H2,1-5H3. The highest BCUT2D eigenvalue weighted by Crippen LogP contribution is 2.14. The van der Waals surface area contributed by atoms with Gasteiger partial charge in [-0.3, -0.25) is 0 Å². The third-order valence-electron chi connectivity index (χ3n) is 3.67. The van der Waals surface area contributed by atoms with Gasteiger partial charge in [0.15, 0.2) is 0 Å². The molecule has 2 atom stereocenters. The van der Waals surface area contributed by atoms with E-state index in [0.717, 1.165) is 6.54 Å². The Balaban J connectivity index is 2.56. The van der Waals surface area contributed by atoms with Crippen molar-refractivity contribution in [2.75, 3.05) is 20.6 Å². The first-order chi connectivity index (χ1) is 9.43. The summed E-state index contributed by atoms with van der Waals surface area (Å²) in [5.74, 6) is 0.703. The molecule has 0 heterocycles. The van der Waals surface area contributed by atoms with Crippen LogP contribution in [-0.2, 0) is 0 Å². The van der Waals surface area contributed by atoms with Crippen LogP contribution in [0.1, 0.15) is 44.4 Å². The maximum Gasteiger partial charge on any atom is 0.0991 e. The van der Waals surface area contributed by atoms with E-state index in [2.05, 4.69) is 51.2 Å². The first kappa shape index (κ1) is 16.7. The van der Waals surface area contributed by atoms with Gasteiger partial charge in [0.25, 0.3) is 0 Å². The van der Waals surface area contributed by atoms with Crippen molar-refractivity contribution in [2.24, 2.45) is 5.92 Å². The van der Waals surface area contributed by atoms with Crippen LogP contribution < -0.4 is 5.32 Å². The van der Waals surface area contributed by atoms with E-state index in [1.807, 2.05) is 24.3 Å². The van der Waals surface area contributed by atoms with Gasteiger partial charge < -0.3 is 10.2 Å². The minimum absolute atomic E-state index is 0.303. The topological polar surface area (TPSA) is 39.1 Å². The summed E-state index contributed by atoms with van der Waals surface area (Å²) in [6, 6.07) is 10.8. The predicted molar refractivity (Wildman–Crippen MR) is 84.5 cm³/mol. The Kier molecular flexibility index (Phi) is 6.70. The van der Waals surface area contributed by atoms with Gasteiger partial charge in [0.2, 0.25) is 0 Å². The van der Waals surface area contributed by atoms with Crippen LogP contribution in [0.15, 0.2) is 24.3 Å². The van der Waals surface area contributed by atoms with E-state index in [1.54, 1.807) is 0 Å². The second-order valence-corrected chi connectivity index (χ2v) is 6.11. The Morgan fingerprint density at radius 2 is 1.75 bits per heavy atom. The molecule has 1 N–H and O–H groups in total.